The van der Waals surface area contributed by atoms with Gasteiger partial charge < -0.3 is 26.2 Å². The van der Waals surface area contributed by atoms with Gasteiger partial charge in [-0.15, -0.1) is 6.58 Å². The van der Waals surface area contributed by atoms with Crippen LogP contribution in [0, 0.1) is 34.0 Å². The summed E-state index contributed by atoms with van der Waals surface area (Å²) in [6, 6.07) is -3.88. The number of amides is 5. The second-order valence-electron chi connectivity index (χ2n) is 17.9. The normalized spacial score (nSPS) is 26.5. The number of sulfonamides is 1. The molecule has 292 valence electrons. The Bertz CT molecular complexity index is 1510. The molecule has 1 saturated heterocycles. The van der Waals surface area contributed by atoms with Crippen molar-refractivity contribution in [2.75, 3.05) is 32.9 Å². The number of ketones is 1. The van der Waals surface area contributed by atoms with Gasteiger partial charge in [0.2, 0.25) is 27.6 Å². The number of carbonyl (C=O) groups is 5. The van der Waals surface area contributed by atoms with E-state index >= 15 is 4.79 Å². The van der Waals surface area contributed by atoms with E-state index in [0.717, 1.165) is 76.9 Å². The van der Waals surface area contributed by atoms with Crippen LogP contribution in [0.15, 0.2) is 12.7 Å². The third-order valence-electron chi connectivity index (χ3n) is 13.0. The molecule has 0 bridgehead atoms. The molecule has 5 fully saturated rings. The van der Waals surface area contributed by atoms with E-state index in [2.05, 4.69) is 27.8 Å². The summed E-state index contributed by atoms with van der Waals surface area (Å²) in [5.74, 6) is -1.86. The molecule has 1 unspecified atom stereocenters. The maximum atomic E-state index is 15.1. The third-order valence-corrected chi connectivity index (χ3v) is 14.2. The minimum Gasteiger partial charge on any atom is -0.346 e. The first-order valence-electron chi connectivity index (χ1n) is 19.3. The van der Waals surface area contributed by atoms with Crippen molar-refractivity contribution in [3.63, 3.8) is 0 Å². The highest BCUT2D eigenvalue weighted by molar-refractivity contribution is 7.88. The maximum Gasteiger partial charge on any atom is 0.315 e. The highest BCUT2D eigenvalue weighted by Crippen LogP contribution is 2.66. The van der Waals surface area contributed by atoms with Crippen molar-refractivity contribution in [2.45, 2.75) is 129 Å². The standard InChI is InChI=1S/C38H62N6O7S/c1-8-20-39-33(47)30(45)27(21-24-12-13-24)40-32(46)29-25-14-17-38(18-19-38)26(25)22-44(29)34(48)31(37(5)15-10-9-11-16-37)42-35(49)41-28(36(2,3)4)23-43(6)52(7,50)51/h8,24-29,31H,1,9-23H2,2-7H3,(H,39,47)(H,40,46)(H2,41,42,49)/t25-,26-,27?,28+,29-,31+/m0/s1. The van der Waals surface area contributed by atoms with Crippen molar-refractivity contribution in [1.29, 1.82) is 0 Å². The van der Waals surface area contributed by atoms with Gasteiger partial charge in [-0.05, 0) is 78.9 Å². The number of Topliss-reactive ketones (excluding diaryl/α,β-unsaturated/α-hetero) is 1. The Labute approximate surface area is 310 Å². The molecule has 0 aromatic carbocycles. The molecule has 0 radical (unpaired) electrons. The van der Waals surface area contributed by atoms with Crippen molar-refractivity contribution >= 4 is 39.6 Å². The van der Waals surface area contributed by atoms with E-state index in [1.807, 2.05) is 27.7 Å². The number of nitrogens with one attached hydrogen (secondary N) is 4. The van der Waals surface area contributed by atoms with Crippen LogP contribution >= 0.6 is 0 Å². The van der Waals surface area contributed by atoms with E-state index < -0.39 is 68.6 Å². The molecule has 5 rings (SSSR count). The summed E-state index contributed by atoms with van der Waals surface area (Å²) in [7, 11) is -2.03. The first-order chi connectivity index (χ1) is 24.3. The molecule has 1 heterocycles. The SMILES string of the molecule is C=CCNC(=O)C(=O)C(CC1CC1)NC(=O)[C@@H]1[C@H]2CCC3(CC3)[C@H]2CN1C(=O)[C@@H](NC(=O)N[C@H](CN(C)S(C)(=O)=O)C(C)(C)C)C1(C)CCCCC1. The quantitative estimate of drug-likeness (QED) is 0.147. The molecular formula is C38H62N6O7S. The predicted molar refractivity (Wildman–Crippen MR) is 198 cm³/mol. The zero-order chi connectivity index (χ0) is 38.2. The topological polar surface area (TPSA) is 174 Å². The second-order valence-corrected chi connectivity index (χ2v) is 20.0. The minimum absolute atomic E-state index is 0.0534. The fraction of sp³-hybridized carbons (Fsp3) is 0.816. The predicted octanol–water partition coefficient (Wildman–Crippen LogP) is 3.10. The van der Waals surface area contributed by atoms with Gasteiger partial charge in [-0.2, -0.15) is 0 Å². The lowest BCUT2D eigenvalue weighted by molar-refractivity contribution is -0.145. The molecule has 14 heteroatoms. The van der Waals surface area contributed by atoms with Gasteiger partial charge in [-0.25, -0.2) is 17.5 Å². The number of rotatable bonds is 15. The van der Waals surface area contributed by atoms with E-state index in [1.54, 1.807) is 4.90 Å². The van der Waals surface area contributed by atoms with Gasteiger partial charge in [-0.3, -0.25) is 19.2 Å². The number of fused-ring (bicyclic) bond motifs is 2. The summed E-state index contributed by atoms with van der Waals surface area (Å²) in [6.07, 6.45) is 13.1. The van der Waals surface area contributed by atoms with Crippen molar-refractivity contribution in [1.82, 2.24) is 30.5 Å². The van der Waals surface area contributed by atoms with E-state index in [1.165, 1.54) is 17.4 Å². The third kappa shape index (κ3) is 9.02. The summed E-state index contributed by atoms with van der Waals surface area (Å²) in [4.78, 5) is 71.2. The highest BCUT2D eigenvalue weighted by Gasteiger charge is 2.64. The number of likely N-dealkylation sites (tertiary alicyclic amines) is 1. The van der Waals surface area contributed by atoms with Crippen molar-refractivity contribution in [3.05, 3.63) is 12.7 Å². The summed E-state index contributed by atoms with van der Waals surface area (Å²) < 4.78 is 25.7. The monoisotopic (exact) mass is 746 g/mol. The number of carbonyl (C=O) groups excluding carboxylic acids is 5. The Kier molecular flexibility index (Phi) is 11.9. The molecule has 52 heavy (non-hydrogen) atoms. The average Bonchev–Trinajstić information content (AvgIpc) is 3.98. The van der Waals surface area contributed by atoms with Crippen LogP contribution in [0.4, 0.5) is 4.79 Å². The largest absolute Gasteiger partial charge is 0.346 e. The number of nitrogens with zero attached hydrogens (tertiary/aromatic N) is 2. The van der Waals surface area contributed by atoms with Gasteiger partial charge in [0.25, 0.3) is 5.91 Å². The fourth-order valence-corrected chi connectivity index (χ4v) is 9.52. The number of hydrogen-bond donors (Lipinski definition) is 4. The van der Waals surface area contributed by atoms with Gasteiger partial charge in [0, 0.05) is 32.7 Å². The Morgan fingerprint density at radius 3 is 2.17 bits per heavy atom. The molecule has 5 amide bonds. The zero-order valence-corrected chi connectivity index (χ0v) is 32.9. The van der Waals surface area contributed by atoms with Gasteiger partial charge in [0.05, 0.1) is 12.3 Å². The van der Waals surface area contributed by atoms with Crippen LogP contribution in [0.25, 0.3) is 0 Å². The molecule has 5 aliphatic rings. The molecule has 0 aromatic heterocycles. The van der Waals surface area contributed by atoms with E-state index in [4.69, 9.17) is 0 Å². The van der Waals surface area contributed by atoms with Crippen LogP contribution in [-0.4, -0.2) is 104 Å². The smallest absolute Gasteiger partial charge is 0.315 e. The zero-order valence-electron chi connectivity index (χ0n) is 32.1. The molecule has 13 nitrogen and oxygen atoms in total. The van der Waals surface area contributed by atoms with E-state index in [-0.39, 0.29) is 42.2 Å². The Morgan fingerprint density at radius 2 is 1.62 bits per heavy atom. The minimum atomic E-state index is -3.51. The molecular weight excluding hydrogens is 685 g/mol. The van der Waals surface area contributed by atoms with Crippen molar-refractivity contribution in [2.24, 2.45) is 34.0 Å². The first-order valence-corrected chi connectivity index (χ1v) is 21.2. The molecule has 0 aromatic rings. The van der Waals surface area contributed by atoms with Crippen LogP contribution in [0.5, 0.6) is 0 Å². The summed E-state index contributed by atoms with van der Waals surface area (Å²) >= 11 is 0. The van der Waals surface area contributed by atoms with Crippen molar-refractivity contribution in [3.8, 4) is 0 Å². The number of urea groups is 1. The van der Waals surface area contributed by atoms with E-state index in [9.17, 15) is 27.6 Å². The molecule has 1 aliphatic heterocycles. The van der Waals surface area contributed by atoms with Gasteiger partial charge >= 0.3 is 6.03 Å². The fourth-order valence-electron chi connectivity index (χ4n) is 9.10. The van der Waals surface area contributed by atoms with Gasteiger partial charge in [-0.1, -0.05) is 65.9 Å². The van der Waals surface area contributed by atoms with Crippen LogP contribution < -0.4 is 21.3 Å². The molecule has 4 N–H and O–H groups in total. The molecule has 4 saturated carbocycles. The Morgan fingerprint density at radius 1 is 0.962 bits per heavy atom. The maximum absolute atomic E-state index is 15.1. The van der Waals surface area contributed by atoms with E-state index in [0.29, 0.717) is 13.0 Å². The number of likely N-dealkylation sites (N-methyl/N-ethyl adjacent to an activating group) is 1. The number of hydrogen-bond acceptors (Lipinski definition) is 7. The highest BCUT2D eigenvalue weighted by atomic mass is 32.2. The average molecular weight is 747 g/mol. The Hall–Kier alpha value is -3.00. The molecule has 4 aliphatic carbocycles. The second kappa shape index (κ2) is 15.4. The Balaban J connectivity index is 1.42. The van der Waals surface area contributed by atoms with Crippen LogP contribution in [0.1, 0.15) is 105 Å². The van der Waals surface area contributed by atoms with Gasteiger partial charge in [0.15, 0.2) is 0 Å². The summed E-state index contributed by atoms with van der Waals surface area (Å²) in [5, 5.41) is 11.5. The van der Waals surface area contributed by atoms with Crippen LogP contribution in [0.3, 0.4) is 0 Å². The van der Waals surface area contributed by atoms with Gasteiger partial charge in [0.1, 0.15) is 12.1 Å². The van der Waals surface area contributed by atoms with Crippen molar-refractivity contribution < 1.29 is 32.4 Å². The first kappa shape index (κ1) is 40.2. The lowest BCUT2D eigenvalue weighted by Gasteiger charge is -2.43. The van der Waals surface area contributed by atoms with Crippen LogP contribution in [0.2, 0.25) is 0 Å². The van der Waals surface area contributed by atoms with Crippen LogP contribution in [-0.2, 0) is 29.2 Å². The molecule has 6 atom stereocenters. The summed E-state index contributed by atoms with van der Waals surface area (Å²) in [5.41, 5.74) is -0.959. The lowest BCUT2D eigenvalue weighted by Crippen LogP contribution is -2.63. The summed E-state index contributed by atoms with van der Waals surface area (Å²) in [6.45, 7) is 12.0. The lowest BCUT2D eigenvalue weighted by atomic mass is 9.70. The molecule has 1 spiro atoms.